The molecule has 0 bridgehead atoms. The van der Waals surface area contributed by atoms with Gasteiger partial charge in [-0.15, -0.1) is 0 Å². The zero-order valence-electron chi connectivity index (χ0n) is 16.1. The second kappa shape index (κ2) is 9.02. The molecule has 27 heavy (non-hydrogen) atoms. The molecule has 1 heterocycles. The second-order valence-corrected chi connectivity index (χ2v) is 6.93. The largest absolute Gasteiger partial charge is 0.496 e. The number of hydrogen-bond donors (Lipinski definition) is 1. The van der Waals surface area contributed by atoms with Crippen molar-refractivity contribution in [3.63, 3.8) is 0 Å². The lowest BCUT2D eigenvalue weighted by Crippen LogP contribution is -2.47. The quantitative estimate of drug-likeness (QED) is 0.816. The van der Waals surface area contributed by atoms with E-state index < -0.39 is 0 Å². The summed E-state index contributed by atoms with van der Waals surface area (Å²) in [6, 6.07) is 18.1. The van der Waals surface area contributed by atoms with Crippen LogP contribution in [0.1, 0.15) is 24.0 Å². The summed E-state index contributed by atoms with van der Waals surface area (Å²) in [5, 5.41) is 3.00. The minimum Gasteiger partial charge on any atom is -0.496 e. The molecule has 5 nitrogen and oxygen atoms in total. The third kappa shape index (κ3) is 4.67. The fourth-order valence-corrected chi connectivity index (χ4v) is 3.73. The molecule has 0 radical (unpaired) electrons. The highest BCUT2D eigenvalue weighted by Gasteiger charge is 2.36. The van der Waals surface area contributed by atoms with E-state index in [9.17, 15) is 4.79 Å². The number of benzene rings is 2. The summed E-state index contributed by atoms with van der Waals surface area (Å²) < 4.78 is 11.2. The van der Waals surface area contributed by atoms with Crippen molar-refractivity contribution in [2.24, 2.45) is 0 Å². The van der Waals surface area contributed by atoms with E-state index >= 15 is 0 Å². The van der Waals surface area contributed by atoms with E-state index in [0.29, 0.717) is 13.1 Å². The highest BCUT2D eigenvalue weighted by atomic mass is 16.5. The molecule has 2 aromatic rings. The molecular weight excluding hydrogens is 340 g/mol. The van der Waals surface area contributed by atoms with Crippen molar-refractivity contribution in [2.75, 3.05) is 33.9 Å². The molecule has 1 amide bonds. The van der Waals surface area contributed by atoms with Crippen LogP contribution in [0.3, 0.4) is 0 Å². The average molecular weight is 368 g/mol. The van der Waals surface area contributed by atoms with Gasteiger partial charge in [0.25, 0.3) is 0 Å². The number of likely N-dealkylation sites (tertiary alicyclic amines) is 1. The van der Waals surface area contributed by atoms with Crippen molar-refractivity contribution < 1.29 is 14.3 Å². The summed E-state index contributed by atoms with van der Waals surface area (Å²) in [6.45, 7) is 2.56. The maximum atomic E-state index is 12.4. The third-order valence-electron chi connectivity index (χ3n) is 5.39. The summed E-state index contributed by atoms with van der Waals surface area (Å²) in [5.41, 5.74) is 1.95. The fourth-order valence-electron chi connectivity index (χ4n) is 3.73. The Hall–Kier alpha value is -2.37. The topological polar surface area (TPSA) is 50.8 Å². The summed E-state index contributed by atoms with van der Waals surface area (Å²) in [5.74, 6) is 0.828. The van der Waals surface area contributed by atoms with Crippen LogP contribution in [0.2, 0.25) is 0 Å². The van der Waals surface area contributed by atoms with E-state index in [0.717, 1.165) is 37.2 Å². The van der Waals surface area contributed by atoms with Crippen LogP contribution in [0.25, 0.3) is 0 Å². The number of para-hydroxylation sites is 1. The van der Waals surface area contributed by atoms with Gasteiger partial charge in [0, 0.05) is 32.3 Å². The van der Waals surface area contributed by atoms with Crippen LogP contribution in [0, 0.1) is 0 Å². The van der Waals surface area contributed by atoms with Gasteiger partial charge >= 0.3 is 0 Å². The first-order valence-electron chi connectivity index (χ1n) is 9.38. The van der Waals surface area contributed by atoms with Gasteiger partial charge in [-0.1, -0.05) is 48.5 Å². The molecule has 1 fully saturated rings. The first kappa shape index (κ1) is 19.4. The number of nitrogens with zero attached hydrogens (tertiary/aromatic N) is 1. The number of amides is 1. The number of ether oxygens (including phenoxy) is 2. The molecule has 0 aliphatic carbocycles. The minimum atomic E-state index is -0.244. The maximum absolute atomic E-state index is 12.4. The summed E-state index contributed by atoms with van der Waals surface area (Å²) >= 11 is 0. The van der Waals surface area contributed by atoms with E-state index in [1.54, 1.807) is 14.2 Å². The standard InChI is InChI=1S/C22H28N2O3/c1-26-20-11-7-6-8-18(20)16-23-21(25)17-24-14-12-22(27-2,13-15-24)19-9-4-3-5-10-19/h3-11H,12-17H2,1-2H3,(H,23,25). The molecule has 5 heteroatoms. The number of carbonyl (C=O) groups excluding carboxylic acids is 1. The van der Waals surface area contributed by atoms with Crippen molar-refractivity contribution in [1.29, 1.82) is 0 Å². The zero-order valence-corrected chi connectivity index (χ0v) is 16.1. The molecule has 0 saturated carbocycles. The molecule has 0 atom stereocenters. The highest BCUT2D eigenvalue weighted by molar-refractivity contribution is 5.78. The number of piperidine rings is 1. The van der Waals surface area contributed by atoms with E-state index in [4.69, 9.17) is 9.47 Å². The zero-order chi connectivity index (χ0) is 19.1. The van der Waals surface area contributed by atoms with Gasteiger partial charge < -0.3 is 14.8 Å². The SMILES string of the molecule is COc1ccccc1CNC(=O)CN1CCC(OC)(c2ccccc2)CC1. The molecule has 1 saturated heterocycles. The van der Waals surface area contributed by atoms with Crippen LogP contribution in [0.5, 0.6) is 5.75 Å². The summed E-state index contributed by atoms with van der Waals surface area (Å²) in [4.78, 5) is 14.6. The van der Waals surface area contributed by atoms with Crippen LogP contribution in [-0.4, -0.2) is 44.7 Å². The van der Waals surface area contributed by atoms with Gasteiger partial charge in [0.1, 0.15) is 5.75 Å². The summed E-state index contributed by atoms with van der Waals surface area (Å²) in [6.07, 6.45) is 1.76. The molecule has 3 rings (SSSR count). The predicted octanol–water partition coefficient (Wildman–Crippen LogP) is 2.95. The minimum absolute atomic E-state index is 0.0329. The lowest BCUT2D eigenvalue weighted by Gasteiger charge is -2.41. The number of nitrogens with one attached hydrogen (secondary N) is 1. The first-order chi connectivity index (χ1) is 13.2. The number of rotatable bonds is 7. The monoisotopic (exact) mass is 368 g/mol. The number of hydrogen-bond acceptors (Lipinski definition) is 4. The van der Waals surface area contributed by atoms with Crippen molar-refractivity contribution >= 4 is 5.91 Å². The van der Waals surface area contributed by atoms with Gasteiger partial charge in [-0.2, -0.15) is 0 Å². The van der Waals surface area contributed by atoms with Crippen LogP contribution in [-0.2, 0) is 21.7 Å². The Morgan fingerprint density at radius 3 is 2.37 bits per heavy atom. The van der Waals surface area contributed by atoms with Gasteiger partial charge in [-0.25, -0.2) is 0 Å². The molecule has 2 aromatic carbocycles. The molecule has 144 valence electrons. The fraction of sp³-hybridized carbons (Fsp3) is 0.409. The Kier molecular flexibility index (Phi) is 6.48. The summed E-state index contributed by atoms with van der Waals surface area (Å²) in [7, 11) is 3.42. The molecular formula is C22H28N2O3. The molecule has 1 N–H and O–H groups in total. The normalized spacial score (nSPS) is 16.7. The molecule has 1 aliphatic heterocycles. The smallest absolute Gasteiger partial charge is 0.234 e. The molecule has 0 aromatic heterocycles. The van der Waals surface area contributed by atoms with Crippen LogP contribution in [0.15, 0.2) is 54.6 Å². The predicted molar refractivity (Wildman–Crippen MR) is 106 cm³/mol. The van der Waals surface area contributed by atoms with E-state index in [-0.39, 0.29) is 11.5 Å². The van der Waals surface area contributed by atoms with Crippen molar-refractivity contribution in [1.82, 2.24) is 10.2 Å². The Labute approximate surface area is 161 Å². The Morgan fingerprint density at radius 1 is 1.04 bits per heavy atom. The van der Waals surface area contributed by atoms with Crippen molar-refractivity contribution in [3.05, 3.63) is 65.7 Å². The van der Waals surface area contributed by atoms with Gasteiger partial charge in [0.15, 0.2) is 0 Å². The van der Waals surface area contributed by atoms with E-state index in [1.807, 2.05) is 42.5 Å². The first-order valence-corrected chi connectivity index (χ1v) is 9.38. The van der Waals surface area contributed by atoms with Gasteiger partial charge in [0.05, 0.1) is 19.3 Å². The van der Waals surface area contributed by atoms with Crippen LogP contribution >= 0.6 is 0 Å². The van der Waals surface area contributed by atoms with Crippen LogP contribution in [0.4, 0.5) is 0 Å². The lowest BCUT2D eigenvalue weighted by atomic mass is 9.84. The van der Waals surface area contributed by atoms with Crippen LogP contribution < -0.4 is 10.1 Å². The van der Waals surface area contributed by atoms with E-state index in [1.165, 1.54) is 5.56 Å². The Bertz CT molecular complexity index is 740. The third-order valence-corrected chi connectivity index (χ3v) is 5.39. The molecule has 0 spiro atoms. The van der Waals surface area contributed by atoms with Crippen molar-refractivity contribution in [2.45, 2.75) is 25.0 Å². The Balaban J connectivity index is 1.51. The molecule has 1 aliphatic rings. The number of methoxy groups -OCH3 is 2. The van der Waals surface area contributed by atoms with Gasteiger partial charge in [0.2, 0.25) is 5.91 Å². The van der Waals surface area contributed by atoms with Gasteiger partial charge in [-0.3, -0.25) is 9.69 Å². The lowest BCUT2D eigenvalue weighted by molar-refractivity contribution is -0.124. The highest BCUT2D eigenvalue weighted by Crippen LogP contribution is 2.35. The second-order valence-electron chi connectivity index (χ2n) is 6.93. The van der Waals surface area contributed by atoms with E-state index in [2.05, 4.69) is 22.3 Å². The van der Waals surface area contributed by atoms with Crippen molar-refractivity contribution in [3.8, 4) is 5.75 Å². The van der Waals surface area contributed by atoms with Gasteiger partial charge in [-0.05, 0) is 24.5 Å². The molecule has 0 unspecified atom stereocenters. The Morgan fingerprint density at radius 2 is 1.70 bits per heavy atom. The maximum Gasteiger partial charge on any atom is 0.234 e. The average Bonchev–Trinajstić information content (AvgIpc) is 2.74. The number of carbonyl (C=O) groups is 1.